The van der Waals surface area contributed by atoms with Gasteiger partial charge in [-0.15, -0.1) is 0 Å². The van der Waals surface area contributed by atoms with Crippen molar-refractivity contribution in [2.24, 2.45) is 0 Å². The topological polar surface area (TPSA) is 9.23 Å². The molecule has 0 aromatic heterocycles. The summed E-state index contributed by atoms with van der Waals surface area (Å²) < 4.78 is 5.45. The van der Waals surface area contributed by atoms with Crippen LogP contribution in [-0.4, -0.2) is 7.11 Å². The molecule has 0 fully saturated rings. The summed E-state index contributed by atoms with van der Waals surface area (Å²) in [5.41, 5.74) is 9.57. The van der Waals surface area contributed by atoms with Crippen LogP contribution < -0.4 is 4.74 Å². The predicted octanol–water partition coefficient (Wildman–Crippen LogP) is 5.02. The fourth-order valence-electron chi connectivity index (χ4n) is 2.92. The average Bonchev–Trinajstić information content (AvgIpc) is 2.43. The zero-order valence-electron chi connectivity index (χ0n) is 14.1. The minimum absolute atomic E-state index is 0.993. The minimum atomic E-state index is 0.993. The van der Waals surface area contributed by atoms with E-state index in [1.54, 1.807) is 7.11 Å². The van der Waals surface area contributed by atoms with Gasteiger partial charge in [0.1, 0.15) is 5.75 Å². The standard InChI is InChI=1S/C20H26O/c1-13-9-15(3)18(11-14(13)2)7-8-19-12-20(21-6)17(5)10-16(19)4/h9-12H,7-8H2,1-6H3. The van der Waals surface area contributed by atoms with Crippen LogP contribution in [-0.2, 0) is 12.8 Å². The third-order valence-electron chi connectivity index (χ3n) is 4.47. The van der Waals surface area contributed by atoms with E-state index < -0.39 is 0 Å². The van der Waals surface area contributed by atoms with Gasteiger partial charge in [0.15, 0.2) is 0 Å². The molecule has 112 valence electrons. The summed E-state index contributed by atoms with van der Waals surface area (Å²) in [5, 5.41) is 0. The van der Waals surface area contributed by atoms with Crippen molar-refractivity contribution < 1.29 is 4.74 Å². The summed E-state index contributed by atoms with van der Waals surface area (Å²) in [5.74, 6) is 0.993. The van der Waals surface area contributed by atoms with Gasteiger partial charge in [0, 0.05) is 0 Å². The van der Waals surface area contributed by atoms with Gasteiger partial charge in [-0.1, -0.05) is 18.2 Å². The number of benzene rings is 2. The Labute approximate surface area is 129 Å². The van der Waals surface area contributed by atoms with Gasteiger partial charge >= 0.3 is 0 Å². The normalized spacial score (nSPS) is 10.8. The maximum absolute atomic E-state index is 5.45. The van der Waals surface area contributed by atoms with Gasteiger partial charge in [-0.2, -0.15) is 0 Å². The Morgan fingerprint density at radius 1 is 0.619 bits per heavy atom. The van der Waals surface area contributed by atoms with E-state index in [1.165, 1.54) is 38.9 Å². The van der Waals surface area contributed by atoms with Gasteiger partial charge in [-0.3, -0.25) is 0 Å². The molecule has 1 nitrogen and oxygen atoms in total. The van der Waals surface area contributed by atoms with Crippen molar-refractivity contribution in [1.29, 1.82) is 0 Å². The number of aryl methyl sites for hydroxylation is 7. The van der Waals surface area contributed by atoms with Gasteiger partial charge in [-0.05, 0) is 92.5 Å². The molecule has 2 rings (SSSR count). The number of ether oxygens (including phenoxy) is 1. The van der Waals surface area contributed by atoms with Crippen LogP contribution in [0.2, 0.25) is 0 Å². The molecule has 0 saturated carbocycles. The highest BCUT2D eigenvalue weighted by molar-refractivity contribution is 5.42. The first-order valence-corrected chi connectivity index (χ1v) is 7.63. The molecule has 0 aliphatic carbocycles. The molecule has 0 aliphatic heterocycles. The van der Waals surface area contributed by atoms with Gasteiger partial charge in [0.2, 0.25) is 0 Å². The molecule has 1 heteroatoms. The Bertz CT molecular complexity index is 653. The number of hydrogen-bond donors (Lipinski definition) is 0. The highest BCUT2D eigenvalue weighted by Gasteiger charge is 2.07. The van der Waals surface area contributed by atoms with Crippen molar-refractivity contribution in [2.75, 3.05) is 7.11 Å². The van der Waals surface area contributed by atoms with Crippen molar-refractivity contribution in [3.63, 3.8) is 0 Å². The van der Waals surface area contributed by atoms with Crippen molar-refractivity contribution in [3.05, 3.63) is 63.2 Å². The third-order valence-corrected chi connectivity index (χ3v) is 4.47. The Morgan fingerprint density at radius 3 is 1.67 bits per heavy atom. The Balaban J connectivity index is 2.22. The highest BCUT2D eigenvalue weighted by atomic mass is 16.5. The second-order valence-corrected chi connectivity index (χ2v) is 6.11. The van der Waals surface area contributed by atoms with E-state index in [9.17, 15) is 0 Å². The van der Waals surface area contributed by atoms with E-state index in [1.807, 2.05) is 0 Å². The molecule has 2 aromatic rings. The zero-order chi connectivity index (χ0) is 15.6. The van der Waals surface area contributed by atoms with Crippen LogP contribution in [0, 0.1) is 34.6 Å². The van der Waals surface area contributed by atoms with E-state index in [2.05, 4.69) is 58.9 Å². The highest BCUT2D eigenvalue weighted by Crippen LogP contribution is 2.24. The van der Waals surface area contributed by atoms with Crippen LogP contribution >= 0.6 is 0 Å². The molecule has 0 radical (unpaired) electrons. The molecule has 0 saturated heterocycles. The second-order valence-electron chi connectivity index (χ2n) is 6.11. The van der Waals surface area contributed by atoms with Crippen LogP contribution in [0.5, 0.6) is 5.75 Å². The first-order valence-electron chi connectivity index (χ1n) is 7.63. The lowest BCUT2D eigenvalue weighted by molar-refractivity contribution is 0.411. The van der Waals surface area contributed by atoms with Gasteiger partial charge in [0.05, 0.1) is 7.11 Å². The minimum Gasteiger partial charge on any atom is -0.496 e. The Morgan fingerprint density at radius 2 is 1.10 bits per heavy atom. The van der Waals surface area contributed by atoms with E-state index in [-0.39, 0.29) is 0 Å². The number of methoxy groups -OCH3 is 1. The molecule has 0 heterocycles. The molecule has 21 heavy (non-hydrogen) atoms. The largest absolute Gasteiger partial charge is 0.496 e. The average molecular weight is 282 g/mol. The van der Waals surface area contributed by atoms with E-state index in [4.69, 9.17) is 4.74 Å². The van der Waals surface area contributed by atoms with Crippen LogP contribution in [0.4, 0.5) is 0 Å². The van der Waals surface area contributed by atoms with E-state index >= 15 is 0 Å². The molecule has 0 aliphatic rings. The van der Waals surface area contributed by atoms with Crippen LogP contribution in [0.25, 0.3) is 0 Å². The maximum atomic E-state index is 5.45. The smallest absolute Gasteiger partial charge is 0.122 e. The summed E-state index contributed by atoms with van der Waals surface area (Å²) in [6, 6.07) is 9.06. The van der Waals surface area contributed by atoms with Crippen LogP contribution in [0.1, 0.15) is 38.9 Å². The summed E-state index contributed by atoms with van der Waals surface area (Å²) in [7, 11) is 1.74. The van der Waals surface area contributed by atoms with Crippen molar-refractivity contribution in [1.82, 2.24) is 0 Å². The Kier molecular flexibility index (Phi) is 4.72. The van der Waals surface area contributed by atoms with Crippen molar-refractivity contribution >= 4 is 0 Å². The molecular formula is C20H26O. The van der Waals surface area contributed by atoms with Crippen molar-refractivity contribution in [2.45, 2.75) is 47.5 Å². The Hall–Kier alpha value is -1.76. The molecule has 0 bridgehead atoms. The summed E-state index contributed by atoms with van der Waals surface area (Å²) in [6.45, 7) is 10.9. The lowest BCUT2D eigenvalue weighted by atomic mass is 9.94. The van der Waals surface area contributed by atoms with E-state index in [0.717, 1.165) is 18.6 Å². The summed E-state index contributed by atoms with van der Waals surface area (Å²) >= 11 is 0. The van der Waals surface area contributed by atoms with Gasteiger partial charge in [-0.25, -0.2) is 0 Å². The van der Waals surface area contributed by atoms with Crippen molar-refractivity contribution in [3.8, 4) is 5.75 Å². The lowest BCUT2D eigenvalue weighted by Crippen LogP contribution is -2.00. The third kappa shape index (κ3) is 3.47. The monoisotopic (exact) mass is 282 g/mol. The quantitative estimate of drug-likeness (QED) is 0.765. The zero-order valence-corrected chi connectivity index (χ0v) is 14.1. The molecule has 0 N–H and O–H groups in total. The molecule has 0 spiro atoms. The first-order chi connectivity index (χ1) is 9.92. The number of rotatable bonds is 4. The SMILES string of the molecule is COc1cc(CCc2cc(C)c(C)cc2C)c(C)cc1C. The van der Waals surface area contributed by atoms with E-state index in [0.29, 0.717) is 0 Å². The molecule has 0 amide bonds. The predicted molar refractivity (Wildman–Crippen MR) is 90.5 cm³/mol. The molecule has 0 atom stereocenters. The fourth-order valence-corrected chi connectivity index (χ4v) is 2.92. The second kappa shape index (κ2) is 6.34. The number of hydrogen-bond acceptors (Lipinski definition) is 1. The maximum Gasteiger partial charge on any atom is 0.122 e. The fraction of sp³-hybridized carbons (Fsp3) is 0.400. The molecule has 2 aromatic carbocycles. The summed E-state index contributed by atoms with van der Waals surface area (Å²) in [6.07, 6.45) is 2.14. The lowest BCUT2D eigenvalue weighted by Gasteiger charge is -2.13. The summed E-state index contributed by atoms with van der Waals surface area (Å²) in [4.78, 5) is 0. The first kappa shape index (κ1) is 15.6. The van der Waals surface area contributed by atoms with Crippen LogP contribution in [0.15, 0.2) is 24.3 Å². The molecule has 0 unspecified atom stereocenters. The van der Waals surface area contributed by atoms with Gasteiger partial charge < -0.3 is 4.74 Å². The molecular weight excluding hydrogens is 256 g/mol. The van der Waals surface area contributed by atoms with Gasteiger partial charge in [0.25, 0.3) is 0 Å². The van der Waals surface area contributed by atoms with Crippen LogP contribution in [0.3, 0.4) is 0 Å².